The molecular formula is C17H14INO2. The van der Waals surface area contributed by atoms with Gasteiger partial charge in [0.15, 0.2) is 0 Å². The standard InChI is InChI=1S/C17H14INO2/c1-11(10-20)12-6-8-13(9-7-12)19-16(18)14-4-2-3-5-15(14)17(19)21/h2-11,16H,1H3. The van der Waals surface area contributed by atoms with Gasteiger partial charge in [-0.25, -0.2) is 0 Å². The van der Waals surface area contributed by atoms with E-state index in [4.69, 9.17) is 0 Å². The van der Waals surface area contributed by atoms with Crippen molar-refractivity contribution in [2.24, 2.45) is 0 Å². The molecule has 1 heterocycles. The smallest absolute Gasteiger partial charge is 0.259 e. The van der Waals surface area contributed by atoms with Crippen LogP contribution in [0.5, 0.6) is 0 Å². The van der Waals surface area contributed by atoms with Crippen molar-refractivity contribution < 1.29 is 9.59 Å². The number of halogens is 1. The van der Waals surface area contributed by atoms with Crippen molar-refractivity contribution in [1.82, 2.24) is 0 Å². The van der Waals surface area contributed by atoms with E-state index < -0.39 is 0 Å². The molecule has 21 heavy (non-hydrogen) atoms. The number of alkyl halides is 1. The summed E-state index contributed by atoms with van der Waals surface area (Å²) in [6.07, 6.45) is 0.924. The van der Waals surface area contributed by atoms with Gasteiger partial charge in [0, 0.05) is 17.2 Å². The first-order valence-electron chi connectivity index (χ1n) is 6.75. The molecule has 0 aromatic heterocycles. The topological polar surface area (TPSA) is 37.4 Å². The minimum Gasteiger partial charge on any atom is -0.303 e. The van der Waals surface area contributed by atoms with E-state index in [1.807, 2.05) is 55.5 Å². The molecule has 4 heteroatoms. The van der Waals surface area contributed by atoms with E-state index in [0.29, 0.717) is 0 Å². The predicted octanol–water partition coefficient (Wildman–Crippen LogP) is 4.08. The summed E-state index contributed by atoms with van der Waals surface area (Å²) in [6, 6.07) is 15.3. The van der Waals surface area contributed by atoms with Crippen molar-refractivity contribution in [2.75, 3.05) is 4.90 Å². The van der Waals surface area contributed by atoms with Gasteiger partial charge in [-0.05, 0) is 29.3 Å². The monoisotopic (exact) mass is 391 g/mol. The second-order valence-corrected chi connectivity index (χ2v) is 6.29. The van der Waals surface area contributed by atoms with Crippen molar-refractivity contribution in [2.45, 2.75) is 16.9 Å². The van der Waals surface area contributed by atoms with E-state index in [9.17, 15) is 9.59 Å². The van der Waals surface area contributed by atoms with Gasteiger partial charge in [-0.3, -0.25) is 9.69 Å². The molecule has 0 saturated carbocycles. The first-order valence-corrected chi connectivity index (χ1v) is 8.00. The number of hydrogen-bond donors (Lipinski definition) is 0. The average molecular weight is 391 g/mol. The SMILES string of the molecule is CC(C=O)c1ccc(N2C(=O)c3ccccc3C2I)cc1. The zero-order chi connectivity index (χ0) is 15.0. The van der Waals surface area contributed by atoms with Crippen LogP contribution >= 0.6 is 22.6 Å². The lowest BCUT2D eigenvalue weighted by atomic mass is 10.0. The molecule has 2 atom stereocenters. The van der Waals surface area contributed by atoms with Crippen molar-refractivity contribution in [3.05, 3.63) is 65.2 Å². The summed E-state index contributed by atoms with van der Waals surface area (Å²) in [5, 5.41) is 0. The molecule has 0 bridgehead atoms. The van der Waals surface area contributed by atoms with Gasteiger partial charge in [-0.15, -0.1) is 0 Å². The lowest BCUT2D eigenvalue weighted by Crippen LogP contribution is -2.24. The molecule has 2 aromatic rings. The van der Waals surface area contributed by atoms with Crippen molar-refractivity contribution in [1.29, 1.82) is 0 Å². The van der Waals surface area contributed by atoms with Gasteiger partial charge < -0.3 is 4.79 Å². The molecule has 0 aliphatic carbocycles. The molecular weight excluding hydrogens is 377 g/mol. The number of anilines is 1. The zero-order valence-corrected chi connectivity index (χ0v) is 13.7. The summed E-state index contributed by atoms with van der Waals surface area (Å²) in [4.78, 5) is 25.2. The van der Waals surface area contributed by atoms with E-state index in [1.54, 1.807) is 4.90 Å². The van der Waals surface area contributed by atoms with Gasteiger partial charge in [0.05, 0.1) is 0 Å². The Balaban J connectivity index is 1.95. The highest BCUT2D eigenvalue weighted by Gasteiger charge is 2.35. The number of fused-ring (bicyclic) bond motifs is 1. The lowest BCUT2D eigenvalue weighted by molar-refractivity contribution is -0.108. The van der Waals surface area contributed by atoms with Gasteiger partial charge in [-0.2, -0.15) is 0 Å². The zero-order valence-electron chi connectivity index (χ0n) is 11.5. The van der Waals surface area contributed by atoms with E-state index in [-0.39, 0.29) is 15.9 Å². The van der Waals surface area contributed by atoms with Gasteiger partial charge >= 0.3 is 0 Å². The number of rotatable bonds is 3. The van der Waals surface area contributed by atoms with Gasteiger partial charge in [-0.1, -0.05) is 59.8 Å². The van der Waals surface area contributed by atoms with Crippen molar-refractivity contribution in [3.8, 4) is 0 Å². The summed E-state index contributed by atoms with van der Waals surface area (Å²) in [5.74, 6) is -0.0953. The highest BCUT2D eigenvalue weighted by Crippen LogP contribution is 2.41. The quantitative estimate of drug-likeness (QED) is 0.342. The van der Waals surface area contributed by atoms with Crippen molar-refractivity contribution in [3.63, 3.8) is 0 Å². The maximum absolute atomic E-state index is 12.5. The number of nitrogens with zero attached hydrogens (tertiary/aromatic N) is 1. The minimum atomic E-state index is -0.124. The largest absolute Gasteiger partial charge is 0.303 e. The Morgan fingerprint density at radius 1 is 1.14 bits per heavy atom. The van der Waals surface area contributed by atoms with Crippen LogP contribution in [0.1, 0.15) is 38.4 Å². The fraction of sp³-hybridized carbons (Fsp3) is 0.176. The van der Waals surface area contributed by atoms with Crippen molar-refractivity contribution >= 4 is 40.5 Å². The number of benzene rings is 2. The Hall–Kier alpha value is -1.69. The Morgan fingerprint density at radius 3 is 2.43 bits per heavy atom. The normalized spacial score (nSPS) is 18.5. The molecule has 1 amide bonds. The van der Waals surface area contributed by atoms with Crippen LogP contribution in [0.25, 0.3) is 0 Å². The number of aldehydes is 1. The first kappa shape index (κ1) is 14.3. The molecule has 0 saturated heterocycles. The maximum Gasteiger partial charge on any atom is 0.259 e. The molecule has 3 nitrogen and oxygen atoms in total. The highest BCUT2D eigenvalue weighted by molar-refractivity contribution is 14.1. The average Bonchev–Trinajstić information content (AvgIpc) is 2.79. The number of carbonyl (C=O) groups is 2. The molecule has 1 aliphatic heterocycles. The summed E-state index contributed by atoms with van der Waals surface area (Å²) in [6.45, 7) is 1.86. The third kappa shape index (κ3) is 2.37. The van der Waals surface area contributed by atoms with Crippen LogP contribution in [0.2, 0.25) is 0 Å². The Bertz CT molecular complexity index is 696. The van der Waals surface area contributed by atoms with E-state index in [0.717, 1.165) is 28.7 Å². The predicted molar refractivity (Wildman–Crippen MR) is 90.9 cm³/mol. The summed E-state index contributed by atoms with van der Waals surface area (Å²) in [5.41, 5.74) is 3.64. The van der Waals surface area contributed by atoms with Crippen LogP contribution < -0.4 is 4.90 Å². The summed E-state index contributed by atoms with van der Waals surface area (Å²) >= 11 is 2.28. The maximum atomic E-state index is 12.5. The fourth-order valence-electron chi connectivity index (χ4n) is 2.54. The molecule has 2 unspecified atom stereocenters. The Kier molecular flexibility index (Phi) is 3.80. The second kappa shape index (κ2) is 5.60. The van der Waals surface area contributed by atoms with Gasteiger partial charge in [0.1, 0.15) is 10.3 Å². The molecule has 0 N–H and O–H groups in total. The number of amides is 1. The third-order valence-corrected chi connectivity index (χ3v) is 5.02. The second-order valence-electron chi connectivity index (χ2n) is 5.11. The van der Waals surface area contributed by atoms with Crippen LogP contribution in [0.3, 0.4) is 0 Å². The van der Waals surface area contributed by atoms with E-state index in [2.05, 4.69) is 22.6 Å². The van der Waals surface area contributed by atoms with E-state index in [1.165, 1.54) is 0 Å². The summed E-state index contributed by atoms with van der Waals surface area (Å²) in [7, 11) is 0. The van der Waals surface area contributed by atoms with Gasteiger partial charge in [0.2, 0.25) is 0 Å². The van der Waals surface area contributed by atoms with Crippen LogP contribution in [-0.4, -0.2) is 12.2 Å². The first-order chi connectivity index (χ1) is 10.1. The van der Waals surface area contributed by atoms with Crippen LogP contribution in [0.15, 0.2) is 48.5 Å². The molecule has 0 fully saturated rings. The molecule has 106 valence electrons. The number of hydrogen-bond acceptors (Lipinski definition) is 2. The summed E-state index contributed by atoms with van der Waals surface area (Å²) < 4.78 is 0.000597. The minimum absolute atomic E-state index is 0.000597. The molecule has 2 aromatic carbocycles. The fourth-order valence-corrected chi connectivity index (χ4v) is 3.65. The lowest BCUT2D eigenvalue weighted by Gasteiger charge is -2.21. The van der Waals surface area contributed by atoms with Crippen LogP contribution in [0, 0.1) is 0 Å². The molecule has 1 aliphatic rings. The Morgan fingerprint density at radius 2 is 1.81 bits per heavy atom. The van der Waals surface area contributed by atoms with E-state index >= 15 is 0 Å². The van der Waals surface area contributed by atoms with Crippen LogP contribution in [-0.2, 0) is 4.79 Å². The molecule has 3 rings (SSSR count). The highest BCUT2D eigenvalue weighted by atomic mass is 127. The molecule has 0 radical (unpaired) electrons. The van der Waals surface area contributed by atoms with Gasteiger partial charge in [0.25, 0.3) is 5.91 Å². The number of carbonyl (C=O) groups excluding carboxylic acids is 2. The third-order valence-electron chi connectivity index (χ3n) is 3.79. The van der Waals surface area contributed by atoms with Crippen LogP contribution in [0.4, 0.5) is 5.69 Å². The molecule has 0 spiro atoms. The Labute approximate surface area is 137 Å².